The predicted molar refractivity (Wildman–Crippen MR) is 86.1 cm³/mol. The fourth-order valence-corrected chi connectivity index (χ4v) is 2.75. The van der Waals surface area contributed by atoms with Crippen molar-refractivity contribution in [2.24, 2.45) is 5.84 Å². The van der Waals surface area contributed by atoms with Gasteiger partial charge in [0.1, 0.15) is 5.82 Å². The summed E-state index contributed by atoms with van der Waals surface area (Å²) in [5.74, 6) is 5.19. The zero-order chi connectivity index (χ0) is 15.4. The number of hydrogen-bond acceptors (Lipinski definition) is 2. The fourth-order valence-electron chi connectivity index (χ4n) is 2.24. The maximum atomic E-state index is 13.9. The van der Waals surface area contributed by atoms with Crippen LogP contribution in [-0.2, 0) is 12.8 Å². The number of halogens is 3. The van der Waals surface area contributed by atoms with E-state index in [4.69, 9.17) is 29.0 Å². The number of nitrogens with one attached hydrogen (secondary N) is 1. The molecule has 21 heavy (non-hydrogen) atoms. The molecule has 0 saturated heterocycles. The number of aryl methyl sites for hydroxylation is 1. The van der Waals surface area contributed by atoms with Gasteiger partial charge in [-0.05, 0) is 48.6 Å². The van der Waals surface area contributed by atoms with Gasteiger partial charge in [-0.3, -0.25) is 11.3 Å². The Morgan fingerprint density at radius 2 is 1.81 bits per heavy atom. The van der Waals surface area contributed by atoms with E-state index in [1.165, 1.54) is 6.07 Å². The van der Waals surface area contributed by atoms with Gasteiger partial charge in [0.15, 0.2) is 0 Å². The van der Waals surface area contributed by atoms with E-state index in [1.807, 2.05) is 25.1 Å². The number of hydrazine groups is 1. The van der Waals surface area contributed by atoms with E-state index in [-0.39, 0.29) is 11.1 Å². The fraction of sp³-hybridized carbons (Fsp3) is 0.250. The van der Waals surface area contributed by atoms with Crippen molar-refractivity contribution in [3.8, 4) is 0 Å². The molecule has 0 aliphatic heterocycles. The molecule has 1 unspecified atom stereocenters. The highest BCUT2D eigenvalue weighted by molar-refractivity contribution is 6.31. The highest BCUT2D eigenvalue weighted by Crippen LogP contribution is 2.22. The van der Waals surface area contributed by atoms with Crippen LogP contribution in [0.1, 0.15) is 16.7 Å². The van der Waals surface area contributed by atoms with Crippen molar-refractivity contribution < 1.29 is 4.39 Å². The summed E-state index contributed by atoms with van der Waals surface area (Å²) in [6, 6.07) is 10.7. The molecule has 0 bridgehead atoms. The summed E-state index contributed by atoms with van der Waals surface area (Å²) in [7, 11) is 0. The van der Waals surface area contributed by atoms with Crippen LogP contribution in [0.4, 0.5) is 4.39 Å². The standard InChI is InChI=1S/C16H17Cl2FN2/c1-10-5-6-11(15(18)7-10)8-13(21-20)9-12-3-2-4-14(17)16(12)19/h2-7,13,21H,8-9,20H2,1H3. The Kier molecular flexibility index (Phi) is 5.59. The summed E-state index contributed by atoms with van der Waals surface area (Å²) >= 11 is 12.0. The van der Waals surface area contributed by atoms with Crippen LogP contribution in [0, 0.1) is 12.7 Å². The summed E-state index contributed by atoms with van der Waals surface area (Å²) in [6.07, 6.45) is 1.05. The first-order valence-corrected chi connectivity index (χ1v) is 7.41. The monoisotopic (exact) mass is 326 g/mol. The lowest BCUT2D eigenvalue weighted by Crippen LogP contribution is -2.38. The molecular weight excluding hydrogens is 310 g/mol. The summed E-state index contributed by atoms with van der Waals surface area (Å²) < 4.78 is 13.9. The van der Waals surface area contributed by atoms with Gasteiger partial charge in [-0.2, -0.15) is 0 Å². The molecular formula is C16H17Cl2FN2. The lowest BCUT2D eigenvalue weighted by Gasteiger charge is -2.17. The van der Waals surface area contributed by atoms with Gasteiger partial charge < -0.3 is 0 Å². The van der Waals surface area contributed by atoms with Crippen molar-refractivity contribution >= 4 is 23.2 Å². The van der Waals surface area contributed by atoms with Crippen molar-refractivity contribution in [2.45, 2.75) is 25.8 Å². The first kappa shape index (κ1) is 16.2. The molecule has 1 atom stereocenters. The van der Waals surface area contributed by atoms with Gasteiger partial charge in [-0.1, -0.05) is 47.5 Å². The second-order valence-electron chi connectivity index (χ2n) is 5.08. The van der Waals surface area contributed by atoms with Gasteiger partial charge in [0.05, 0.1) is 5.02 Å². The highest BCUT2D eigenvalue weighted by atomic mass is 35.5. The number of hydrogen-bond donors (Lipinski definition) is 2. The zero-order valence-corrected chi connectivity index (χ0v) is 13.2. The number of rotatable bonds is 5. The Morgan fingerprint density at radius 1 is 1.10 bits per heavy atom. The van der Waals surface area contributed by atoms with Crippen LogP contribution in [0.25, 0.3) is 0 Å². The van der Waals surface area contributed by atoms with Crippen molar-refractivity contribution in [2.75, 3.05) is 0 Å². The molecule has 2 aromatic carbocycles. The Balaban J connectivity index is 2.15. The second kappa shape index (κ2) is 7.23. The van der Waals surface area contributed by atoms with Crippen molar-refractivity contribution in [1.29, 1.82) is 0 Å². The first-order chi connectivity index (χ1) is 10.0. The average molecular weight is 327 g/mol. The molecule has 3 N–H and O–H groups in total. The minimum atomic E-state index is -0.394. The molecule has 0 aromatic heterocycles. The third-order valence-electron chi connectivity index (χ3n) is 3.41. The van der Waals surface area contributed by atoms with Crippen LogP contribution in [0.15, 0.2) is 36.4 Å². The van der Waals surface area contributed by atoms with E-state index in [1.54, 1.807) is 12.1 Å². The third kappa shape index (κ3) is 4.17. The Labute approximate surface area is 134 Å². The van der Waals surface area contributed by atoms with Crippen LogP contribution in [0.2, 0.25) is 10.0 Å². The summed E-state index contributed by atoms with van der Waals surface area (Å²) in [5, 5.41) is 0.818. The van der Waals surface area contributed by atoms with E-state index in [9.17, 15) is 4.39 Å². The largest absolute Gasteiger partial charge is 0.271 e. The smallest absolute Gasteiger partial charge is 0.145 e. The van der Waals surface area contributed by atoms with Crippen LogP contribution in [-0.4, -0.2) is 6.04 Å². The third-order valence-corrected chi connectivity index (χ3v) is 4.05. The topological polar surface area (TPSA) is 38.0 Å². The quantitative estimate of drug-likeness (QED) is 0.642. The molecule has 2 rings (SSSR count). The van der Waals surface area contributed by atoms with Crippen molar-refractivity contribution in [3.63, 3.8) is 0 Å². The SMILES string of the molecule is Cc1ccc(CC(Cc2cccc(Cl)c2F)NN)c(Cl)c1. The highest BCUT2D eigenvalue weighted by Gasteiger charge is 2.15. The van der Waals surface area contributed by atoms with Crippen LogP contribution in [0.3, 0.4) is 0 Å². The minimum Gasteiger partial charge on any atom is -0.271 e. The van der Waals surface area contributed by atoms with Crippen molar-refractivity contribution in [1.82, 2.24) is 5.43 Å². The minimum absolute atomic E-state index is 0.122. The Morgan fingerprint density at radius 3 is 2.48 bits per heavy atom. The predicted octanol–water partition coefficient (Wildman–Crippen LogP) is 4.06. The summed E-state index contributed by atoms with van der Waals surface area (Å²) in [6.45, 7) is 1.98. The molecule has 0 amide bonds. The van der Waals surface area contributed by atoms with Crippen LogP contribution >= 0.6 is 23.2 Å². The maximum Gasteiger partial charge on any atom is 0.145 e. The Bertz CT molecular complexity index is 632. The molecule has 0 fully saturated rings. The molecule has 2 nitrogen and oxygen atoms in total. The molecule has 0 radical (unpaired) electrons. The van der Waals surface area contributed by atoms with E-state index < -0.39 is 5.82 Å². The average Bonchev–Trinajstić information content (AvgIpc) is 2.45. The van der Waals surface area contributed by atoms with Crippen LogP contribution in [0.5, 0.6) is 0 Å². The number of nitrogens with two attached hydrogens (primary N) is 1. The normalized spacial score (nSPS) is 12.4. The van der Waals surface area contributed by atoms with E-state index in [2.05, 4.69) is 5.43 Å². The molecule has 0 aliphatic rings. The van der Waals surface area contributed by atoms with E-state index >= 15 is 0 Å². The van der Waals surface area contributed by atoms with E-state index in [0.29, 0.717) is 23.4 Å². The van der Waals surface area contributed by atoms with Gasteiger partial charge >= 0.3 is 0 Å². The van der Waals surface area contributed by atoms with Gasteiger partial charge in [0.2, 0.25) is 0 Å². The zero-order valence-electron chi connectivity index (χ0n) is 11.7. The molecule has 0 aliphatic carbocycles. The first-order valence-electron chi connectivity index (χ1n) is 6.65. The lowest BCUT2D eigenvalue weighted by molar-refractivity contribution is 0.506. The lowest BCUT2D eigenvalue weighted by atomic mass is 9.98. The molecule has 2 aromatic rings. The molecule has 0 spiro atoms. The van der Waals surface area contributed by atoms with Crippen molar-refractivity contribution in [3.05, 3.63) is 69.0 Å². The molecule has 5 heteroatoms. The number of benzene rings is 2. The van der Waals surface area contributed by atoms with Gasteiger partial charge in [-0.25, -0.2) is 4.39 Å². The molecule has 112 valence electrons. The summed E-state index contributed by atoms with van der Waals surface area (Å²) in [5.41, 5.74) is 5.33. The maximum absolute atomic E-state index is 13.9. The molecule has 0 saturated carbocycles. The Hall–Kier alpha value is -1.13. The van der Waals surface area contributed by atoms with Crippen LogP contribution < -0.4 is 11.3 Å². The van der Waals surface area contributed by atoms with Gasteiger partial charge in [0.25, 0.3) is 0 Å². The van der Waals surface area contributed by atoms with Gasteiger partial charge in [-0.15, -0.1) is 0 Å². The van der Waals surface area contributed by atoms with E-state index in [0.717, 1.165) is 11.1 Å². The van der Waals surface area contributed by atoms with Gasteiger partial charge in [0, 0.05) is 11.1 Å². The second-order valence-corrected chi connectivity index (χ2v) is 5.89. The molecule has 0 heterocycles. The summed E-state index contributed by atoms with van der Waals surface area (Å²) in [4.78, 5) is 0.